The second-order valence-corrected chi connectivity index (χ2v) is 7.87. The first kappa shape index (κ1) is 17.1. The van der Waals surface area contributed by atoms with E-state index < -0.39 is 0 Å². The molecule has 1 saturated heterocycles. The molecular formula is C20H23N3O2S. The first-order chi connectivity index (χ1) is 12.7. The van der Waals surface area contributed by atoms with Crippen LogP contribution in [0.1, 0.15) is 30.6 Å². The van der Waals surface area contributed by atoms with Gasteiger partial charge in [-0.05, 0) is 36.4 Å². The molecule has 1 aromatic heterocycles. The second kappa shape index (κ2) is 7.50. The molecule has 0 aliphatic carbocycles. The number of nitrogens with one attached hydrogen (secondary N) is 1. The summed E-state index contributed by atoms with van der Waals surface area (Å²) in [7, 11) is 0. The van der Waals surface area contributed by atoms with Crippen LogP contribution in [-0.2, 0) is 16.1 Å². The maximum absolute atomic E-state index is 12.8. The molecule has 0 spiro atoms. The van der Waals surface area contributed by atoms with Crippen LogP contribution in [0, 0.1) is 0 Å². The molecular weight excluding hydrogens is 346 g/mol. The van der Waals surface area contributed by atoms with Gasteiger partial charge in [0, 0.05) is 36.9 Å². The van der Waals surface area contributed by atoms with E-state index in [4.69, 9.17) is 0 Å². The van der Waals surface area contributed by atoms with Crippen LogP contribution in [0.25, 0.3) is 0 Å². The molecule has 26 heavy (non-hydrogen) atoms. The van der Waals surface area contributed by atoms with E-state index in [0.29, 0.717) is 12.6 Å². The minimum Gasteiger partial charge on any atom is -0.365 e. The molecule has 136 valence electrons. The lowest BCUT2D eigenvalue weighted by atomic mass is 10.1. The van der Waals surface area contributed by atoms with Gasteiger partial charge in [0.2, 0.25) is 11.8 Å². The number of hydrogen-bond donors (Lipinski definition) is 1. The minimum atomic E-state index is -0.0699. The highest BCUT2D eigenvalue weighted by molar-refractivity contribution is 7.09. The van der Waals surface area contributed by atoms with Crippen molar-refractivity contribution in [3.63, 3.8) is 0 Å². The number of carbonyl (C=O) groups excluding carboxylic acids is 2. The van der Waals surface area contributed by atoms with E-state index in [0.717, 1.165) is 35.8 Å². The Morgan fingerprint density at radius 3 is 2.77 bits per heavy atom. The maximum atomic E-state index is 12.8. The van der Waals surface area contributed by atoms with Gasteiger partial charge in [0.05, 0.1) is 17.9 Å². The van der Waals surface area contributed by atoms with Gasteiger partial charge in [-0.1, -0.05) is 18.2 Å². The molecule has 0 unspecified atom stereocenters. The van der Waals surface area contributed by atoms with E-state index in [-0.39, 0.29) is 24.7 Å². The Balaban J connectivity index is 1.37. The molecule has 1 aromatic carbocycles. The highest BCUT2D eigenvalue weighted by Crippen LogP contribution is 2.39. The number of benzene rings is 1. The van der Waals surface area contributed by atoms with E-state index in [1.54, 1.807) is 11.3 Å². The van der Waals surface area contributed by atoms with Gasteiger partial charge in [0.25, 0.3) is 0 Å². The van der Waals surface area contributed by atoms with E-state index in [9.17, 15) is 9.59 Å². The van der Waals surface area contributed by atoms with Gasteiger partial charge in [0.15, 0.2) is 0 Å². The van der Waals surface area contributed by atoms with Crippen molar-refractivity contribution in [3.8, 4) is 0 Å². The molecule has 1 N–H and O–H groups in total. The summed E-state index contributed by atoms with van der Waals surface area (Å²) in [6.07, 6.45) is 2.78. The van der Waals surface area contributed by atoms with Crippen molar-refractivity contribution in [2.45, 2.75) is 38.3 Å². The summed E-state index contributed by atoms with van der Waals surface area (Å²) in [6.45, 7) is 2.33. The van der Waals surface area contributed by atoms with Crippen LogP contribution in [0.5, 0.6) is 0 Å². The lowest BCUT2D eigenvalue weighted by molar-refractivity contribution is -0.125. The summed E-state index contributed by atoms with van der Waals surface area (Å²) in [6, 6.07) is 12.5. The smallest absolute Gasteiger partial charge is 0.227 e. The van der Waals surface area contributed by atoms with Gasteiger partial charge < -0.3 is 15.1 Å². The predicted octanol–water partition coefficient (Wildman–Crippen LogP) is 3.16. The average molecular weight is 369 g/mol. The van der Waals surface area contributed by atoms with Crippen LogP contribution < -0.4 is 15.1 Å². The average Bonchev–Trinajstić information content (AvgIpc) is 3.35. The number of para-hydroxylation sites is 2. The fourth-order valence-corrected chi connectivity index (χ4v) is 4.51. The highest BCUT2D eigenvalue weighted by atomic mass is 32.1. The Kier molecular flexibility index (Phi) is 4.93. The second-order valence-electron chi connectivity index (χ2n) is 6.84. The molecule has 0 radical (unpaired) electrons. The van der Waals surface area contributed by atoms with Gasteiger partial charge in [-0.15, -0.1) is 11.3 Å². The number of hydrogen-bond acceptors (Lipinski definition) is 4. The van der Waals surface area contributed by atoms with E-state index in [1.165, 1.54) is 6.42 Å². The van der Waals surface area contributed by atoms with Crippen LogP contribution in [-0.4, -0.2) is 30.9 Å². The zero-order chi connectivity index (χ0) is 17.9. The Morgan fingerprint density at radius 2 is 1.96 bits per heavy atom. The lowest BCUT2D eigenvalue weighted by Gasteiger charge is -2.40. The molecule has 6 heteroatoms. The molecule has 2 aliphatic heterocycles. The standard InChI is InChI=1S/C20H23N3O2S/c24-19(21-13-16-6-4-12-26-16)9-10-20(25)23-14-15-5-3-11-22(15)17-7-1-2-8-18(17)23/h1-2,4,6-8,12,15H,3,5,9-11,13-14H2,(H,21,24)/t15-/m1/s1. The minimum absolute atomic E-state index is 0.0373. The SMILES string of the molecule is O=C(CCC(=O)N1C[C@H]2CCCN2c2ccccc21)NCc1cccs1. The van der Waals surface area contributed by atoms with Crippen molar-refractivity contribution in [3.05, 3.63) is 46.7 Å². The number of carbonyl (C=O) groups is 2. The summed E-state index contributed by atoms with van der Waals surface area (Å²) < 4.78 is 0. The first-order valence-electron chi connectivity index (χ1n) is 9.17. The Morgan fingerprint density at radius 1 is 1.12 bits per heavy atom. The lowest BCUT2D eigenvalue weighted by Crippen LogP contribution is -2.48. The number of rotatable bonds is 5. The molecule has 1 atom stereocenters. The predicted molar refractivity (Wildman–Crippen MR) is 105 cm³/mol. The number of fused-ring (bicyclic) bond motifs is 3. The fraction of sp³-hybridized carbons (Fsp3) is 0.400. The van der Waals surface area contributed by atoms with E-state index >= 15 is 0 Å². The summed E-state index contributed by atoms with van der Waals surface area (Å²) >= 11 is 1.62. The molecule has 1 fully saturated rings. The van der Waals surface area contributed by atoms with Gasteiger partial charge >= 0.3 is 0 Å². The van der Waals surface area contributed by atoms with Crippen LogP contribution >= 0.6 is 11.3 Å². The van der Waals surface area contributed by atoms with Crippen molar-refractivity contribution < 1.29 is 9.59 Å². The Labute approximate surface area is 157 Å². The molecule has 0 bridgehead atoms. The zero-order valence-electron chi connectivity index (χ0n) is 14.7. The third-order valence-corrected chi connectivity index (χ3v) is 6.04. The molecule has 4 rings (SSSR count). The largest absolute Gasteiger partial charge is 0.365 e. The van der Waals surface area contributed by atoms with Gasteiger partial charge in [-0.3, -0.25) is 9.59 Å². The monoisotopic (exact) mass is 369 g/mol. The van der Waals surface area contributed by atoms with Gasteiger partial charge in [0.1, 0.15) is 0 Å². The van der Waals surface area contributed by atoms with Crippen molar-refractivity contribution in [2.24, 2.45) is 0 Å². The van der Waals surface area contributed by atoms with Crippen LogP contribution in [0.3, 0.4) is 0 Å². The van der Waals surface area contributed by atoms with Crippen molar-refractivity contribution in [1.82, 2.24) is 5.32 Å². The number of amides is 2. The molecule has 2 amide bonds. The van der Waals surface area contributed by atoms with Gasteiger partial charge in [-0.25, -0.2) is 0 Å². The fourth-order valence-electron chi connectivity index (χ4n) is 3.87. The summed E-state index contributed by atoms with van der Waals surface area (Å²) in [4.78, 5) is 30.3. The molecule has 0 saturated carbocycles. The number of thiophene rings is 1. The molecule has 5 nitrogen and oxygen atoms in total. The number of nitrogens with zero attached hydrogens (tertiary/aromatic N) is 2. The van der Waals surface area contributed by atoms with Crippen LogP contribution in [0.2, 0.25) is 0 Å². The maximum Gasteiger partial charge on any atom is 0.227 e. The summed E-state index contributed by atoms with van der Waals surface area (Å²) in [5, 5.41) is 4.88. The molecule has 2 aliphatic rings. The summed E-state index contributed by atoms with van der Waals surface area (Å²) in [5.74, 6) is -0.0326. The first-order valence-corrected chi connectivity index (χ1v) is 10.1. The van der Waals surface area contributed by atoms with E-state index in [2.05, 4.69) is 16.3 Å². The number of anilines is 2. The van der Waals surface area contributed by atoms with E-state index in [1.807, 2.05) is 40.6 Å². The Bertz CT molecular complexity index is 790. The van der Waals surface area contributed by atoms with Crippen molar-refractivity contribution >= 4 is 34.5 Å². The van der Waals surface area contributed by atoms with Gasteiger partial charge in [-0.2, -0.15) is 0 Å². The molecule has 3 heterocycles. The van der Waals surface area contributed by atoms with Crippen LogP contribution in [0.4, 0.5) is 11.4 Å². The quantitative estimate of drug-likeness (QED) is 0.881. The summed E-state index contributed by atoms with van der Waals surface area (Å²) in [5.41, 5.74) is 2.13. The third kappa shape index (κ3) is 3.46. The highest BCUT2D eigenvalue weighted by Gasteiger charge is 2.35. The topological polar surface area (TPSA) is 52.7 Å². The third-order valence-electron chi connectivity index (χ3n) is 5.16. The molecule has 2 aromatic rings. The van der Waals surface area contributed by atoms with Crippen molar-refractivity contribution in [1.29, 1.82) is 0 Å². The zero-order valence-corrected chi connectivity index (χ0v) is 15.5. The Hall–Kier alpha value is -2.34. The normalized spacial score (nSPS) is 18.4. The van der Waals surface area contributed by atoms with Crippen LogP contribution in [0.15, 0.2) is 41.8 Å². The van der Waals surface area contributed by atoms with Crippen molar-refractivity contribution in [2.75, 3.05) is 22.9 Å².